The standard InChI is InChI=1S/C18H14N2O3/c21-17(15-11-10-12-6-4-5-9-14(12)19-15)20-16(18(22)23)13-7-2-1-3-8-13/h1-11,16H,(H,20,21)(H,22,23). The number of amides is 1. The molecular weight excluding hydrogens is 292 g/mol. The Morgan fingerprint density at radius 3 is 2.35 bits per heavy atom. The van der Waals surface area contributed by atoms with E-state index in [-0.39, 0.29) is 5.69 Å². The molecule has 5 nitrogen and oxygen atoms in total. The van der Waals surface area contributed by atoms with E-state index in [1.165, 1.54) is 0 Å². The van der Waals surface area contributed by atoms with Crippen LogP contribution in [0, 0.1) is 0 Å². The van der Waals surface area contributed by atoms with Crippen LogP contribution in [0.25, 0.3) is 10.9 Å². The lowest BCUT2D eigenvalue weighted by atomic mass is 10.1. The van der Waals surface area contributed by atoms with Crippen molar-refractivity contribution in [2.45, 2.75) is 6.04 Å². The van der Waals surface area contributed by atoms with Crippen LogP contribution in [-0.4, -0.2) is 22.0 Å². The van der Waals surface area contributed by atoms with Crippen LogP contribution in [0.2, 0.25) is 0 Å². The smallest absolute Gasteiger partial charge is 0.330 e. The second-order valence-electron chi connectivity index (χ2n) is 5.04. The third kappa shape index (κ3) is 3.18. The number of aromatic nitrogens is 1. The van der Waals surface area contributed by atoms with Crippen molar-refractivity contribution in [1.82, 2.24) is 10.3 Å². The van der Waals surface area contributed by atoms with Gasteiger partial charge in [-0.1, -0.05) is 54.6 Å². The Bertz CT molecular complexity index is 862. The minimum atomic E-state index is -1.12. The van der Waals surface area contributed by atoms with E-state index in [1.807, 2.05) is 18.2 Å². The molecule has 23 heavy (non-hydrogen) atoms. The van der Waals surface area contributed by atoms with Gasteiger partial charge in [0.15, 0.2) is 6.04 Å². The topological polar surface area (TPSA) is 79.3 Å². The maximum atomic E-state index is 12.3. The monoisotopic (exact) mass is 306 g/mol. The number of hydrogen-bond donors (Lipinski definition) is 2. The van der Waals surface area contributed by atoms with Gasteiger partial charge in [0, 0.05) is 5.39 Å². The zero-order valence-corrected chi connectivity index (χ0v) is 12.1. The fourth-order valence-electron chi connectivity index (χ4n) is 2.33. The van der Waals surface area contributed by atoms with Gasteiger partial charge >= 0.3 is 5.97 Å². The van der Waals surface area contributed by atoms with Gasteiger partial charge in [-0.3, -0.25) is 4.79 Å². The number of carbonyl (C=O) groups excluding carboxylic acids is 1. The molecule has 1 atom stereocenters. The molecule has 0 aliphatic carbocycles. The highest BCUT2D eigenvalue weighted by atomic mass is 16.4. The number of hydrogen-bond acceptors (Lipinski definition) is 3. The summed E-state index contributed by atoms with van der Waals surface area (Å²) in [5.41, 5.74) is 1.38. The van der Waals surface area contributed by atoms with E-state index in [4.69, 9.17) is 0 Å². The molecule has 0 aliphatic heterocycles. The second-order valence-corrected chi connectivity index (χ2v) is 5.04. The maximum absolute atomic E-state index is 12.3. The molecule has 0 bridgehead atoms. The van der Waals surface area contributed by atoms with Gasteiger partial charge in [0.25, 0.3) is 5.91 Å². The Balaban J connectivity index is 1.87. The quantitative estimate of drug-likeness (QED) is 0.777. The van der Waals surface area contributed by atoms with Crippen molar-refractivity contribution in [2.75, 3.05) is 0 Å². The van der Waals surface area contributed by atoms with Gasteiger partial charge in [-0.15, -0.1) is 0 Å². The summed E-state index contributed by atoms with van der Waals surface area (Å²) in [5.74, 6) is -1.64. The van der Waals surface area contributed by atoms with Crippen molar-refractivity contribution in [3.05, 3.63) is 78.0 Å². The van der Waals surface area contributed by atoms with E-state index in [2.05, 4.69) is 10.3 Å². The molecule has 0 fully saturated rings. The number of carboxylic acid groups (broad SMARTS) is 1. The lowest BCUT2D eigenvalue weighted by Crippen LogP contribution is -2.34. The Hall–Kier alpha value is -3.21. The first-order valence-electron chi connectivity index (χ1n) is 7.09. The van der Waals surface area contributed by atoms with Crippen molar-refractivity contribution in [3.63, 3.8) is 0 Å². The molecule has 0 spiro atoms. The van der Waals surface area contributed by atoms with Crippen molar-refractivity contribution in [2.24, 2.45) is 0 Å². The summed E-state index contributed by atoms with van der Waals surface area (Å²) in [6.45, 7) is 0. The second kappa shape index (κ2) is 6.27. The SMILES string of the molecule is O=C(NC(C(=O)O)c1ccccc1)c1ccc2ccccc2n1. The lowest BCUT2D eigenvalue weighted by Gasteiger charge is -2.14. The number of nitrogens with zero attached hydrogens (tertiary/aromatic N) is 1. The molecule has 0 saturated heterocycles. The fraction of sp³-hybridized carbons (Fsp3) is 0.0556. The van der Waals surface area contributed by atoms with E-state index in [1.54, 1.807) is 48.5 Å². The van der Waals surface area contributed by atoms with Crippen LogP contribution in [-0.2, 0) is 4.79 Å². The molecule has 0 saturated carbocycles. The molecule has 2 N–H and O–H groups in total. The molecule has 5 heteroatoms. The number of benzene rings is 2. The lowest BCUT2D eigenvalue weighted by molar-refractivity contribution is -0.139. The number of carboxylic acids is 1. The van der Waals surface area contributed by atoms with Gasteiger partial charge in [0.2, 0.25) is 0 Å². The van der Waals surface area contributed by atoms with Gasteiger partial charge in [0.1, 0.15) is 5.69 Å². The summed E-state index contributed by atoms with van der Waals surface area (Å²) in [4.78, 5) is 28.1. The molecule has 1 amide bonds. The van der Waals surface area contributed by atoms with Crippen LogP contribution in [0.5, 0.6) is 0 Å². The van der Waals surface area contributed by atoms with Gasteiger partial charge in [-0.2, -0.15) is 0 Å². The van der Waals surface area contributed by atoms with Crippen LogP contribution in [0.3, 0.4) is 0 Å². The van der Waals surface area contributed by atoms with Gasteiger partial charge in [0.05, 0.1) is 5.52 Å². The zero-order chi connectivity index (χ0) is 16.2. The molecule has 1 aromatic heterocycles. The Labute approximate surface area is 132 Å². The molecule has 114 valence electrons. The number of para-hydroxylation sites is 1. The van der Waals surface area contributed by atoms with Gasteiger partial charge in [-0.25, -0.2) is 9.78 Å². The Morgan fingerprint density at radius 1 is 0.913 bits per heavy atom. The summed E-state index contributed by atoms with van der Waals surface area (Å²) >= 11 is 0. The van der Waals surface area contributed by atoms with E-state index >= 15 is 0 Å². The molecular formula is C18H14N2O3. The fourth-order valence-corrected chi connectivity index (χ4v) is 2.33. The van der Waals surface area contributed by atoms with Crippen LogP contribution in [0.1, 0.15) is 22.1 Å². The summed E-state index contributed by atoms with van der Waals surface area (Å²) in [6.07, 6.45) is 0. The summed E-state index contributed by atoms with van der Waals surface area (Å²) in [5, 5.41) is 12.8. The summed E-state index contributed by atoms with van der Waals surface area (Å²) < 4.78 is 0. The predicted molar refractivity (Wildman–Crippen MR) is 86.0 cm³/mol. The number of pyridine rings is 1. The van der Waals surface area contributed by atoms with E-state index in [0.29, 0.717) is 11.1 Å². The number of carbonyl (C=O) groups is 2. The number of fused-ring (bicyclic) bond motifs is 1. The van der Waals surface area contributed by atoms with Crippen molar-refractivity contribution >= 4 is 22.8 Å². The first-order valence-corrected chi connectivity index (χ1v) is 7.09. The molecule has 1 unspecified atom stereocenters. The van der Waals surface area contributed by atoms with Crippen LogP contribution in [0.15, 0.2) is 66.7 Å². The Morgan fingerprint density at radius 2 is 1.61 bits per heavy atom. The minimum absolute atomic E-state index is 0.186. The number of rotatable bonds is 4. The number of aliphatic carboxylic acids is 1. The van der Waals surface area contributed by atoms with E-state index in [0.717, 1.165) is 5.39 Å². The Kier molecular flexibility index (Phi) is 4.01. The molecule has 3 rings (SSSR count). The van der Waals surface area contributed by atoms with Crippen molar-refractivity contribution in [1.29, 1.82) is 0 Å². The average Bonchev–Trinajstić information content (AvgIpc) is 2.59. The first-order chi connectivity index (χ1) is 11.1. The van der Waals surface area contributed by atoms with Crippen molar-refractivity contribution in [3.8, 4) is 0 Å². The van der Waals surface area contributed by atoms with Crippen molar-refractivity contribution < 1.29 is 14.7 Å². The highest BCUT2D eigenvalue weighted by Gasteiger charge is 2.23. The van der Waals surface area contributed by atoms with E-state index < -0.39 is 17.9 Å². The molecule has 2 aromatic carbocycles. The summed E-state index contributed by atoms with van der Waals surface area (Å²) in [7, 11) is 0. The highest BCUT2D eigenvalue weighted by Crippen LogP contribution is 2.15. The highest BCUT2D eigenvalue weighted by molar-refractivity contribution is 5.97. The predicted octanol–water partition coefficient (Wildman–Crippen LogP) is 2.79. The molecule has 0 radical (unpaired) electrons. The molecule has 3 aromatic rings. The van der Waals surface area contributed by atoms with Crippen LogP contribution < -0.4 is 5.32 Å². The van der Waals surface area contributed by atoms with Gasteiger partial charge < -0.3 is 10.4 Å². The van der Waals surface area contributed by atoms with Crippen LogP contribution in [0.4, 0.5) is 0 Å². The third-order valence-corrected chi connectivity index (χ3v) is 3.49. The minimum Gasteiger partial charge on any atom is -0.479 e. The van der Waals surface area contributed by atoms with E-state index in [9.17, 15) is 14.7 Å². The van der Waals surface area contributed by atoms with Gasteiger partial charge in [-0.05, 0) is 17.7 Å². The molecule has 0 aliphatic rings. The third-order valence-electron chi connectivity index (χ3n) is 3.49. The zero-order valence-electron chi connectivity index (χ0n) is 12.1. The maximum Gasteiger partial charge on any atom is 0.330 e. The number of nitrogens with one attached hydrogen (secondary N) is 1. The summed E-state index contributed by atoms with van der Waals surface area (Å²) in [6, 6.07) is 18.2. The molecule has 1 heterocycles. The van der Waals surface area contributed by atoms with Crippen LogP contribution >= 0.6 is 0 Å². The first kappa shape index (κ1) is 14.7. The average molecular weight is 306 g/mol. The largest absolute Gasteiger partial charge is 0.479 e. The normalized spacial score (nSPS) is 11.8.